The summed E-state index contributed by atoms with van der Waals surface area (Å²) in [6.45, 7) is 3.61. The van der Waals surface area contributed by atoms with Crippen LogP contribution in [0, 0.1) is 0 Å². The Morgan fingerprint density at radius 2 is 1.59 bits per heavy atom. The van der Waals surface area contributed by atoms with Crippen LogP contribution in [-0.4, -0.2) is 18.4 Å². The molecule has 2 aromatic carbocycles. The van der Waals surface area contributed by atoms with Crippen molar-refractivity contribution in [1.82, 2.24) is 0 Å². The maximum absolute atomic E-state index is 12.6. The molecule has 112 valence electrons. The van der Waals surface area contributed by atoms with Crippen molar-refractivity contribution in [3.8, 4) is 0 Å². The first-order valence-corrected chi connectivity index (χ1v) is 7.11. The van der Waals surface area contributed by atoms with E-state index < -0.39 is 11.9 Å². The van der Waals surface area contributed by atoms with Crippen molar-refractivity contribution < 1.29 is 14.3 Å². The highest BCUT2D eigenvalue weighted by molar-refractivity contribution is 6.05. The van der Waals surface area contributed by atoms with Crippen molar-refractivity contribution in [1.29, 1.82) is 0 Å². The second-order valence-corrected chi connectivity index (χ2v) is 4.89. The number of ketones is 1. The van der Waals surface area contributed by atoms with E-state index in [1.54, 1.807) is 24.3 Å². The fourth-order valence-corrected chi connectivity index (χ4v) is 2.22. The van der Waals surface area contributed by atoms with Gasteiger partial charge in [-0.05, 0) is 11.1 Å². The van der Waals surface area contributed by atoms with Crippen LogP contribution in [-0.2, 0) is 20.7 Å². The van der Waals surface area contributed by atoms with Crippen LogP contribution in [0.1, 0.15) is 17.0 Å². The van der Waals surface area contributed by atoms with Gasteiger partial charge in [0.2, 0.25) is 0 Å². The van der Waals surface area contributed by atoms with E-state index in [2.05, 4.69) is 6.58 Å². The van der Waals surface area contributed by atoms with E-state index in [4.69, 9.17) is 4.74 Å². The number of rotatable bonds is 7. The van der Waals surface area contributed by atoms with Gasteiger partial charge < -0.3 is 4.74 Å². The molecule has 22 heavy (non-hydrogen) atoms. The highest BCUT2D eigenvalue weighted by Gasteiger charge is 2.29. The van der Waals surface area contributed by atoms with Gasteiger partial charge in [-0.1, -0.05) is 73.3 Å². The van der Waals surface area contributed by atoms with E-state index in [1.807, 2.05) is 36.4 Å². The van der Waals surface area contributed by atoms with Crippen molar-refractivity contribution in [3.63, 3.8) is 0 Å². The smallest absolute Gasteiger partial charge is 0.321 e. The molecule has 0 radical (unpaired) electrons. The number of hydrogen-bond acceptors (Lipinski definition) is 3. The van der Waals surface area contributed by atoms with Crippen LogP contribution < -0.4 is 0 Å². The van der Waals surface area contributed by atoms with Gasteiger partial charge in [-0.15, -0.1) is 0 Å². The van der Waals surface area contributed by atoms with E-state index in [-0.39, 0.29) is 18.8 Å². The molecule has 0 saturated carbocycles. The first-order chi connectivity index (χ1) is 10.7. The zero-order chi connectivity index (χ0) is 15.8. The molecule has 2 rings (SSSR count). The van der Waals surface area contributed by atoms with Crippen molar-refractivity contribution in [2.24, 2.45) is 0 Å². The number of carbonyl (C=O) groups is 2. The van der Waals surface area contributed by atoms with Gasteiger partial charge in [0.25, 0.3) is 0 Å². The van der Waals surface area contributed by atoms with Crippen molar-refractivity contribution in [3.05, 3.63) is 84.4 Å². The molecule has 0 spiro atoms. The molecule has 0 fully saturated rings. The monoisotopic (exact) mass is 294 g/mol. The fraction of sp³-hybridized carbons (Fsp3) is 0.158. The van der Waals surface area contributed by atoms with Crippen LogP contribution in [0.3, 0.4) is 0 Å². The third kappa shape index (κ3) is 4.16. The highest BCUT2D eigenvalue weighted by atomic mass is 16.5. The molecule has 0 aliphatic heterocycles. The van der Waals surface area contributed by atoms with Crippen molar-refractivity contribution in [2.75, 3.05) is 6.61 Å². The summed E-state index contributed by atoms with van der Waals surface area (Å²) in [5, 5.41) is 0. The first-order valence-electron chi connectivity index (χ1n) is 7.11. The summed E-state index contributed by atoms with van der Waals surface area (Å²) >= 11 is 0. The summed E-state index contributed by atoms with van der Waals surface area (Å²) in [5.41, 5.74) is 1.53. The Morgan fingerprint density at radius 3 is 2.18 bits per heavy atom. The zero-order valence-electron chi connectivity index (χ0n) is 12.3. The summed E-state index contributed by atoms with van der Waals surface area (Å²) in [4.78, 5) is 24.8. The van der Waals surface area contributed by atoms with E-state index in [0.717, 1.165) is 5.56 Å². The average molecular weight is 294 g/mol. The Hall–Kier alpha value is -2.68. The van der Waals surface area contributed by atoms with Crippen molar-refractivity contribution in [2.45, 2.75) is 12.3 Å². The topological polar surface area (TPSA) is 43.4 Å². The Balaban J connectivity index is 2.22. The van der Waals surface area contributed by atoms with Crippen molar-refractivity contribution >= 4 is 11.8 Å². The van der Waals surface area contributed by atoms with Crippen LogP contribution in [0.4, 0.5) is 0 Å². The number of hydrogen-bond donors (Lipinski definition) is 0. The van der Waals surface area contributed by atoms with Crippen LogP contribution in [0.25, 0.3) is 0 Å². The number of ether oxygens (including phenoxy) is 1. The Morgan fingerprint density at radius 1 is 1.00 bits per heavy atom. The molecule has 0 aliphatic carbocycles. The molecule has 3 heteroatoms. The third-order valence-electron chi connectivity index (χ3n) is 3.26. The summed E-state index contributed by atoms with van der Waals surface area (Å²) < 4.78 is 5.09. The van der Waals surface area contributed by atoms with Gasteiger partial charge in [0.1, 0.15) is 12.5 Å². The second kappa shape index (κ2) is 7.93. The molecule has 0 aromatic heterocycles. The summed E-state index contributed by atoms with van der Waals surface area (Å²) in [5.74, 6) is -1.61. The lowest BCUT2D eigenvalue weighted by molar-refractivity contribution is -0.147. The molecule has 0 aliphatic rings. The predicted molar refractivity (Wildman–Crippen MR) is 85.5 cm³/mol. The van der Waals surface area contributed by atoms with Crippen LogP contribution in [0.5, 0.6) is 0 Å². The fourth-order valence-electron chi connectivity index (χ4n) is 2.22. The summed E-state index contributed by atoms with van der Waals surface area (Å²) in [7, 11) is 0. The van der Waals surface area contributed by atoms with Gasteiger partial charge in [0, 0.05) is 6.42 Å². The lowest BCUT2D eigenvalue weighted by atomic mass is 9.91. The third-order valence-corrected chi connectivity index (χ3v) is 3.26. The average Bonchev–Trinajstić information content (AvgIpc) is 2.55. The van der Waals surface area contributed by atoms with Gasteiger partial charge in [0.15, 0.2) is 5.78 Å². The molecule has 3 nitrogen and oxygen atoms in total. The lowest BCUT2D eigenvalue weighted by Gasteiger charge is -2.15. The minimum atomic E-state index is -0.902. The molecular formula is C19H18O3. The Bertz CT molecular complexity index is 632. The van der Waals surface area contributed by atoms with Gasteiger partial charge in [0.05, 0.1) is 0 Å². The van der Waals surface area contributed by atoms with Crippen LogP contribution in [0.2, 0.25) is 0 Å². The molecule has 0 saturated heterocycles. The SMILES string of the molecule is C=CCOC(=O)[C@@H](C(=O)Cc1ccccc1)c1ccccc1. The summed E-state index contributed by atoms with van der Waals surface area (Å²) in [6, 6.07) is 18.4. The second-order valence-electron chi connectivity index (χ2n) is 4.89. The van der Waals surface area contributed by atoms with E-state index in [0.29, 0.717) is 5.56 Å². The Labute approximate surface area is 130 Å². The first kappa shape index (κ1) is 15.7. The molecule has 0 bridgehead atoms. The Kier molecular flexibility index (Phi) is 5.66. The van der Waals surface area contributed by atoms with Gasteiger partial charge in [-0.25, -0.2) is 0 Å². The maximum Gasteiger partial charge on any atom is 0.321 e. The van der Waals surface area contributed by atoms with E-state index >= 15 is 0 Å². The predicted octanol–water partition coefficient (Wildman–Crippen LogP) is 3.31. The van der Waals surface area contributed by atoms with Gasteiger partial charge in [-0.2, -0.15) is 0 Å². The number of benzene rings is 2. The minimum Gasteiger partial charge on any atom is -0.461 e. The molecule has 0 amide bonds. The number of Topliss-reactive ketones (excluding diaryl/α,β-unsaturated/α-hetero) is 1. The molecule has 0 unspecified atom stereocenters. The van der Waals surface area contributed by atoms with Gasteiger partial charge in [-0.3, -0.25) is 9.59 Å². The number of carbonyl (C=O) groups excluding carboxylic acids is 2. The van der Waals surface area contributed by atoms with E-state index in [9.17, 15) is 9.59 Å². The van der Waals surface area contributed by atoms with E-state index in [1.165, 1.54) is 6.08 Å². The van der Waals surface area contributed by atoms with Crippen LogP contribution >= 0.6 is 0 Å². The molecular weight excluding hydrogens is 276 g/mol. The quantitative estimate of drug-likeness (QED) is 0.447. The molecule has 0 heterocycles. The molecule has 1 atom stereocenters. The van der Waals surface area contributed by atoms with Gasteiger partial charge >= 0.3 is 5.97 Å². The number of esters is 1. The minimum absolute atomic E-state index is 0.0980. The molecule has 0 N–H and O–H groups in total. The maximum atomic E-state index is 12.6. The zero-order valence-corrected chi connectivity index (χ0v) is 12.3. The summed E-state index contributed by atoms with van der Waals surface area (Å²) in [6.07, 6.45) is 1.69. The molecule has 2 aromatic rings. The lowest BCUT2D eigenvalue weighted by Crippen LogP contribution is -2.25. The largest absolute Gasteiger partial charge is 0.461 e. The standard InChI is InChI=1S/C19H18O3/c1-2-13-22-19(21)18(16-11-7-4-8-12-16)17(20)14-15-9-5-3-6-10-15/h2-12,18H,1,13-14H2/t18-/m1/s1. The normalized spacial score (nSPS) is 11.5. The highest BCUT2D eigenvalue weighted by Crippen LogP contribution is 2.21. The van der Waals surface area contributed by atoms with Crippen LogP contribution in [0.15, 0.2) is 73.3 Å².